The van der Waals surface area contributed by atoms with Crippen LogP contribution in [0.4, 0.5) is 10.1 Å². The van der Waals surface area contributed by atoms with E-state index in [1.54, 1.807) is 12.1 Å². The lowest BCUT2D eigenvalue weighted by Gasteiger charge is -2.28. The highest BCUT2D eigenvalue weighted by atomic mass is 19.1. The van der Waals surface area contributed by atoms with E-state index in [1.807, 2.05) is 12.1 Å². The number of aromatic carboxylic acids is 1. The van der Waals surface area contributed by atoms with Gasteiger partial charge in [-0.25, -0.2) is 9.18 Å². The number of hydrogen-bond donors (Lipinski definition) is 2. The maximum absolute atomic E-state index is 12.9. The first-order valence-electron chi connectivity index (χ1n) is 7.02. The molecular formula is C17H15FN2O2. The number of hydrogen-bond acceptors (Lipinski definition) is 3. The molecule has 1 aliphatic carbocycles. The number of nitrogens with one attached hydrogen (secondary N) is 1. The minimum Gasteiger partial charge on any atom is -0.478 e. The predicted octanol–water partition coefficient (Wildman–Crippen LogP) is 3.87. The number of halogens is 1. The number of nitrogens with zero attached hydrogens (tertiary/aromatic N) is 1. The Morgan fingerprint density at radius 1 is 1.09 bits per heavy atom. The lowest BCUT2D eigenvalue weighted by atomic mass is 9.78. The van der Waals surface area contributed by atoms with Crippen molar-refractivity contribution in [1.29, 1.82) is 0 Å². The Hall–Kier alpha value is -2.69. The van der Waals surface area contributed by atoms with Crippen molar-refractivity contribution < 1.29 is 14.3 Å². The van der Waals surface area contributed by atoms with Crippen molar-refractivity contribution in [3.63, 3.8) is 0 Å². The zero-order chi connectivity index (χ0) is 15.5. The van der Waals surface area contributed by atoms with Crippen LogP contribution in [0.2, 0.25) is 0 Å². The summed E-state index contributed by atoms with van der Waals surface area (Å²) in [6.45, 7) is 0. The molecule has 1 fully saturated rings. The molecule has 0 aliphatic heterocycles. The summed E-state index contributed by atoms with van der Waals surface area (Å²) in [7, 11) is 0. The standard InChI is InChI=1S/C17H15FN2O2/c18-14-5-1-11(2-6-14)13-9-16(10-13)20-19-15-7-3-12(4-8-15)17(21)22/h1-8,13,19H,9-10H2,(H,21,22). The summed E-state index contributed by atoms with van der Waals surface area (Å²) in [5.74, 6) is -0.766. The third-order valence-corrected chi connectivity index (χ3v) is 3.78. The molecule has 2 N–H and O–H groups in total. The van der Waals surface area contributed by atoms with Gasteiger partial charge in [0.2, 0.25) is 0 Å². The van der Waals surface area contributed by atoms with E-state index in [9.17, 15) is 9.18 Å². The van der Waals surface area contributed by atoms with Gasteiger partial charge < -0.3 is 5.11 Å². The van der Waals surface area contributed by atoms with Crippen LogP contribution in [0.1, 0.15) is 34.7 Å². The van der Waals surface area contributed by atoms with Crippen LogP contribution in [0.3, 0.4) is 0 Å². The summed E-state index contributed by atoms with van der Waals surface area (Å²) in [5.41, 5.74) is 6.11. The number of carbonyl (C=O) groups is 1. The van der Waals surface area contributed by atoms with Crippen LogP contribution in [0.15, 0.2) is 53.6 Å². The molecule has 0 saturated heterocycles. The minimum atomic E-state index is -0.945. The van der Waals surface area contributed by atoms with Crippen molar-refractivity contribution >= 4 is 17.4 Å². The highest BCUT2D eigenvalue weighted by Crippen LogP contribution is 2.34. The summed E-state index contributed by atoms with van der Waals surface area (Å²) in [5, 5.41) is 13.1. The molecule has 0 bridgehead atoms. The Bertz CT molecular complexity index is 700. The first-order chi connectivity index (χ1) is 10.6. The van der Waals surface area contributed by atoms with Gasteiger partial charge in [-0.15, -0.1) is 0 Å². The molecule has 0 radical (unpaired) electrons. The molecule has 0 unspecified atom stereocenters. The lowest BCUT2D eigenvalue weighted by Crippen LogP contribution is -2.22. The Morgan fingerprint density at radius 2 is 1.73 bits per heavy atom. The van der Waals surface area contributed by atoms with Crippen LogP contribution in [-0.4, -0.2) is 16.8 Å². The molecule has 0 atom stereocenters. The van der Waals surface area contributed by atoms with E-state index in [0.717, 1.165) is 29.8 Å². The van der Waals surface area contributed by atoms with Crippen LogP contribution in [0.25, 0.3) is 0 Å². The number of carboxylic acid groups (broad SMARTS) is 1. The molecule has 112 valence electrons. The van der Waals surface area contributed by atoms with Gasteiger partial charge in [-0.2, -0.15) is 5.10 Å². The van der Waals surface area contributed by atoms with Gasteiger partial charge >= 0.3 is 5.97 Å². The molecule has 1 saturated carbocycles. The fraction of sp³-hybridized carbons (Fsp3) is 0.176. The van der Waals surface area contributed by atoms with Crippen molar-refractivity contribution in [2.75, 3.05) is 5.43 Å². The second-order valence-electron chi connectivity index (χ2n) is 5.33. The lowest BCUT2D eigenvalue weighted by molar-refractivity contribution is 0.0697. The highest BCUT2D eigenvalue weighted by Gasteiger charge is 2.26. The van der Waals surface area contributed by atoms with Crippen molar-refractivity contribution in [2.24, 2.45) is 5.10 Å². The van der Waals surface area contributed by atoms with Crippen molar-refractivity contribution in [1.82, 2.24) is 0 Å². The second kappa shape index (κ2) is 5.97. The fourth-order valence-corrected chi connectivity index (χ4v) is 2.40. The van der Waals surface area contributed by atoms with Crippen LogP contribution in [0.5, 0.6) is 0 Å². The minimum absolute atomic E-state index is 0.219. The largest absolute Gasteiger partial charge is 0.478 e. The molecule has 1 aliphatic rings. The van der Waals surface area contributed by atoms with Crippen molar-refractivity contribution in [2.45, 2.75) is 18.8 Å². The van der Waals surface area contributed by atoms with Gasteiger partial charge in [-0.05, 0) is 60.7 Å². The Morgan fingerprint density at radius 3 is 2.32 bits per heavy atom. The molecule has 0 amide bonds. The SMILES string of the molecule is O=C(O)c1ccc(NN=C2CC(c3ccc(F)cc3)C2)cc1. The van der Waals surface area contributed by atoms with Crippen LogP contribution in [-0.2, 0) is 0 Å². The van der Waals surface area contributed by atoms with Crippen LogP contribution in [0, 0.1) is 5.82 Å². The number of carboxylic acids is 1. The summed E-state index contributed by atoms with van der Waals surface area (Å²) in [6.07, 6.45) is 1.71. The smallest absolute Gasteiger partial charge is 0.335 e. The van der Waals surface area contributed by atoms with Gasteiger partial charge in [0.15, 0.2) is 0 Å². The molecule has 0 heterocycles. The Kier molecular flexibility index (Phi) is 3.87. The molecule has 0 aromatic heterocycles. The van der Waals surface area contributed by atoms with E-state index in [0.29, 0.717) is 5.92 Å². The van der Waals surface area contributed by atoms with E-state index in [2.05, 4.69) is 10.5 Å². The Balaban J connectivity index is 1.55. The first kappa shape index (κ1) is 14.3. The van der Waals surface area contributed by atoms with E-state index in [4.69, 9.17) is 5.11 Å². The molecule has 5 heteroatoms. The van der Waals surface area contributed by atoms with Crippen LogP contribution >= 0.6 is 0 Å². The van der Waals surface area contributed by atoms with E-state index < -0.39 is 5.97 Å². The van der Waals surface area contributed by atoms with Crippen molar-refractivity contribution in [3.05, 3.63) is 65.5 Å². The van der Waals surface area contributed by atoms with Gasteiger partial charge in [-0.1, -0.05) is 12.1 Å². The molecule has 3 rings (SSSR count). The van der Waals surface area contributed by atoms with Gasteiger partial charge in [0.25, 0.3) is 0 Å². The predicted molar refractivity (Wildman–Crippen MR) is 82.8 cm³/mol. The Labute approximate surface area is 127 Å². The van der Waals surface area contributed by atoms with Gasteiger partial charge in [0.1, 0.15) is 5.82 Å². The van der Waals surface area contributed by atoms with E-state index >= 15 is 0 Å². The quantitative estimate of drug-likeness (QED) is 0.842. The molecule has 2 aromatic rings. The zero-order valence-electron chi connectivity index (χ0n) is 11.8. The highest BCUT2D eigenvalue weighted by molar-refractivity contribution is 5.92. The van der Waals surface area contributed by atoms with Gasteiger partial charge in [0, 0.05) is 5.71 Å². The normalized spacial score (nSPS) is 16.8. The number of anilines is 1. The fourth-order valence-electron chi connectivity index (χ4n) is 2.40. The van der Waals surface area contributed by atoms with E-state index in [1.165, 1.54) is 24.3 Å². The molecule has 22 heavy (non-hydrogen) atoms. The van der Waals surface area contributed by atoms with Gasteiger partial charge in [-0.3, -0.25) is 5.43 Å². The maximum atomic E-state index is 12.9. The molecular weight excluding hydrogens is 283 g/mol. The number of hydrazone groups is 1. The maximum Gasteiger partial charge on any atom is 0.335 e. The first-order valence-corrected chi connectivity index (χ1v) is 7.02. The summed E-state index contributed by atoms with van der Waals surface area (Å²) >= 11 is 0. The second-order valence-corrected chi connectivity index (χ2v) is 5.33. The molecule has 2 aromatic carbocycles. The average Bonchev–Trinajstić information content (AvgIpc) is 2.48. The third-order valence-electron chi connectivity index (χ3n) is 3.78. The summed E-state index contributed by atoms with van der Waals surface area (Å²) < 4.78 is 12.9. The average molecular weight is 298 g/mol. The van der Waals surface area contributed by atoms with Crippen LogP contribution < -0.4 is 5.43 Å². The third kappa shape index (κ3) is 3.14. The zero-order valence-corrected chi connectivity index (χ0v) is 11.8. The summed E-state index contributed by atoms with van der Waals surface area (Å²) in [6, 6.07) is 13.0. The summed E-state index contributed by atoms with van der Waals surface area (Å²) in [4.78, 5) is 10.8. The topological polar surface area (TPSA) is 61.7 Å². The molecule has 4 nitrogen and oxygen atoms in total. The van der Waals surface area contributed by atoms with Crippen molar-refractivity contribution in [3.8, 4) is 0 Å². The monoisotopic (exact) mass is 298 g/mol. The number of rotatable bonds is 4. The van der Waals surface area contributed by atoms with Gasteiger partial charge in [0.05, 0.1) is 11.3 Å². The van der Waals surface area contributed by atoms with E-state index in [-0.39, 0.29) is 11.4 Å². The molecule has 0 spiro atoms. The number of benzene rings is 2.